The van der Waals surface area contributed by atoms with E-state index in [2.05, 4.69) is 50.3 Å². The first-order chi connectivity index (χ1) is 24.1. The first-order valence-corrected chi connectivity index (χ1v) is 20.0. The van der Waals surface area contributed by atoms with E-state index in [4.69, 9.17) is 14.2 Å². The van der Waals surface area contributed by atoms with Crippen molar-refractivity contribution in [1.82, 2.24) is 0 Å². The van der Waals surface area contributed by atoms with Crippen molar-refractivity contribution in [2.45, 2.75) is 174 Å². The van der Waals surface area contributed by atoms with Crippen LogP contribution < -0.4 is 5.11 Å². The van der Waals surface area contributed by atoms with Crippen LogP contribution in [-0.4, -0.2) is 75.5 Å². The molecule has 0 aromatic rings. The summed E-state index contributed by atoms with van der Waals surface area (Å²) in [7, 11) is 5.38. The molecule has 0 heterocycles. The van der Waals surface area contributed by atoms with Crippen LogP contribution in [0, 0.1) is 0 Å². The van der Waals surface area contributed by atoms with Crippen LogP contribution in [0.1, 0.15) is 162 Å². The summed E-state index contributed by atoms with van der Waals surface area (Å²) >= 11 is 0. The number of hydrogen-bond acceptors (Lipinski definition) is 7. The SMILES string of the molecule is CC/C=C/C/C=C/CCCCC(=O)OCC(COCCC(C(=O)[O-])[N+](C)(C)C)OC(=O)CCCCCCCCC/C=C/CCCCCCCC. The van der Waals surface area contributed by atoms with Crippen molar-refractivity contribution in [1.29, 1.82) is 0 Å². The predicted molar refractivity (Wildman–Crippen MR) is 203 cm³/mol. The molecule has 0 aliphatic rings. The van der Waals surface area contributed by atoms with Gasteiger partial charge in [0.15, 0.2) is 6.10 Å². The molecule has 0 N–H and O–H groups in total. The van der Waals surface area contributed by atoms with Gasteiger partial charge in [0.2, 0.25) is 0 Å². The topological polar surface area (TPSA) is 102 Å². The zero-order valence-electron chi connectivity index (χ0n) is 32.8. The second kappa shape index (κ2) is 33.7. The second-order valence-electron chi connectivity index (χ2n) is 14.5. The third-order valence-electron chi connectivity index (χ3n) is 8.76. The minimum absolute atomic E-state index is 0.0292. The Kier molecular flexibility index (Phi) is 32.0. The Morgan fingerprint density at radius 2 is 1.12 bits per heavy atom. The summed E-state index contributed by atoms with van der Waals surface area (Å²) in [5, 5.41) is 11.6. The summed E-state index contributed by atoms with van der Waals surface area (Å²) < 4.78 is 17.0. The lowest BCUT2D eigenvalue weighted by Gasteiger charge is -2.34. The molecule has 0 bridgehead atoms. The highest BCUT2D eigenvalue weighted by molar-refractivity contribution is 5.70. The van der Waals surface area contributed by atoms with Gasteiger partial charge in [-0.3, -0.25) is 9.59 Å². The zero-order chi connectivity index (χ0) is 37.1. The van der Waals surface area contributed by atoms with E-state index in [1.807, 2.05) is 0 Å². The van der Waals surface area contributed by atoms with Crippen molar-refractivity contribution >= 4 is 17.9 Å². The number of hydrogen-bond donors (Lipinski definition) is 0. The minimum atomic E-state index is -1.13. The number of ether oxygens (including phenoxy) is 3. The van der Waals surface area contributed by atoms with Gasteiger partial charge in [0.05, 0.1) is 40.3 Å². The average molecular weight is 706 g/mol. The van der Waals surface area contributed by atoms with E-state index in [1.54, 1.807) is 21.1 Å². The molecule has 0 amide bonds. The monoisotopic (exact) mass is 706 g/mol. The Morgan fingerprint density at radius 1 is 0.620 bits per heavy atom. The van der Waals surface area contributed by atoms with Crippen molar-refractivity contribution in [3.8, 4) is 0 Å². The molecule has 0 aliphatic heterocycles. The minimum Gasteiger partial charge on any atom is -0.544 e. The van der Waals surface area contributed by atoms with Crippen LogP contribution >= 0.6 is 0 Å². The highest BCUT2D eigenvalue weighted by Gasteiger charge is 2.25. The number of rotatable bonds is 35. The molecule has 0 rings (SSSR count). The summed E-state index contributed by atoms with van der Waals surface area (Å²) in [6, 6.07) is -0.729. The molecule has 2 unspecified atom stereocenters. The zero-order valence-corrected chi connectivity index (χ0v) is 32.8. The fourth-order valence-electron chi connectivity index (χ4n) is 5.63. The van der Waals surface area contributed by atoms with E-state index in [0.717, 1.165) is 51.4 Å². The highest BCUT2D eigenvalue weighted by Crippen LogP contribution is 2.13. The van der Waals surface area contributed by atoms with Crippen LogP contribution in [-0.2, 0) is 28.6 Å². The van der Waals surface area contributed by atoms with E-state index in [-0.39, 0.29) is 42.7 Å². The van der Waals surface area contributed by atoms with E-state index >= 15 is 0 Å². The van der Waals surface area contributed by atoms with Gasteiger partial charge in [-0.25, -0.2) is 0 Å². The van der Waals surface area contributed by atoms with Crippen LogP contribution in [0.25, 0.3) is 0 Å². The standard InChI is InChI=1S/C42H75NO7/c1-6-8-10-12-14-16-17-18-19-20-21-22-23-25-27-29-31-33-41(45)50-38(36-48-35-34-39(42(46)47)43(3,4)5)37-49-40(44)32-30-28-26-24-15-13-11-9-7-2/h9,11,15,18-19,24,38-39H,6-8,10,12-14,16-17,20-23,25-37H2,1-5H3/b11-9+,19-18+,24-15+. The normalized spacial score (nSPS) is 13.4. The van der Waals surface area contributed by atoms with Crippen LogP contribution in [0.2, 0.25) is 0 Å². The van der Waals surface area contributed by atoms with E-state index in [9.17, 15) is 19.5 Å². The maximum Gasteiger partial charge on any atom is 0.306 e. The number of aliphatic carboxylic acids is 1. The number of nitrogens with zero attached hydrogens (tertiary/aromatic N) is 1. The molecule has 50 heavy (non-hydrogen) atoms. The molecule has 0 fully saturated rings. The van der Waals surface area contributed by atoms with E-state index in [0.29, 0.717) is 12.8 Å². The number of carboxylic acid groups (broad SMARTS) is 1. The Balaban J connectivity index is 4.37. The van der Waals surface area contributed by atoms with Crippen molar-refractivity contribution in [2.75, 3.05) is 41.0 Å². The quantitative estimate of drug-likeness (QED) is 0.0281. The second-order valence-corrected chi connectivity index (χ2v) is 14.5. The third kappa shape index (κ3) is 31.5. The van der Waals surface area contributed by atoms with Crippen LogP contribution in [0.3, 0.4) is 0 Å². The van der Waals surface area contributed by atoms with Gasteiger partial charge in [-0.2, -0.15) is 0 Å². The Hall–Kier alpha value is -2.45. The number of unbranched alkanes of at least 4 members (excludes halogenated alkanes) is 15. The number of esters is 2. The van der Waals surface area contributed by atoms with Gasteiger partial charge in [0.1, 0.15) is 12.6 Å². The van der Waals surface area contributed by atoms with E-state index < -0.39 is 18.1 Å². The number of carbonyl (C=O) groups is 3. The van der Waals surface area contributed by atoms with Crippen molar-refractivity contribution in [3.63, 3.8) is 0 Å². The van der Waals surface area contributed by atoms with Gasteiger partial charge in [-0.15, -0.1) is 0 Å². The highest BCUT2D eigenvalue weighted by atomic mass is 16.6. The molecule has 0 aromatic carbocycles. The Morgan fingerprint density at radius 3 is 1.70 bits per heavy atom. The molecule has 8 nitrogen and oxygen atoms in total. The maximum absolute atomic E-state index is 12.7. The molecular formula is C42H75NO7. The van der Waals surface area contributed by atoms with Gasteiger partial charge < -0.3 is 28.6 Å². The Bertz CT molecular complexity index is 922. The van der Waals surface area contributed by atoms with Crippen molar-refractivity contribution in [3.05, 3.63) is 36.5 Å². The maximum atomic E-state index is 12.7. The lowest BCUT2D eigenvalue weighted by atomic mass is 10.1. The molecule has 0 aromatic heterocycles. The van der Waals surface area contributed by atoms with Crippen molar-refractivity contribution in [2.24, 2.45) is 0 Å². The number of likely N-dealkylation sites (N-methyl/N-ethyl adjacent to an activating group) is 1. The first-order valence-electron chi connectivity index (χ1n) is 20.0. The molecule has 0 saturated heterocycles. The Labute approximate surface area is 306 Å². The molecule has 8 heteroatoms. The summed E-state index contributed by atoms with van der Waals surface area (Å²) in [6.45, 7) is 4.48. The molecule has 2 atom stereocenters. The number of quaternary nitrogens is 1. The molecule has 0 spiro atoms. The van der Waals surface area contributed by atoms with Crippen LogP contribution in [0.4, 0.5) is 0 Å². The number of allylic oxidation sites excluding steroid dienone is 6. The van der Waals surface area contributed by atoms with Crippen LogP contribution in [0.15, 0.2) is 36.5 Å². The van der Waals surface area contributed by atoms with Crippen molar-refractivity contribution < 1.29 is 38.2 Å². The predicted octanol–water partition coefficient (Wildman–Crippen LogP) is 8.96. The molecular weight excluding hydrogens is 630 g/mol. The van der Waals surface area contributed by atoms with Crippen LogP contribution in [0.5, 0.6) is 0 Å². The molecule has 290 valence electrons. The van der Waals surface area contributed by atoms with Gasteiger partial charge in [-0.05, 0) is 64.2 Å². The summed E-state index contributed by atoms with van der Waals surface area (Å²) in [6.07, 6.45) is 36.1. The fraction of sp³-hybridized carbons (Fsp3) is 0.786. The fourth-order valence-corrected chi connectivity index (χ4v) is 5.63. The summed E-state index contributed by atoms with van der Waals surface area (Å²) in [4.78, 5) is 36.6. The first kappa shape index (κ1) is 47.5. The lowest BCUT2D eigenvalue weighted by molar-refractivity contribution is -0.889. The van der Waals surface area contributed by atoms with E-state index in [1.165, 1.54) is 77.0 Å². The number of carboxylic acids is 1. The third-order valence-corrected chi connectivity index (χ3v) is 8.76. The number of carbonyl (C=O) groups excluding carboxylic acids is 3. The van der Waals surface area contributed by atoms with Gasteiger partial charge in [0.25, 0.3) is 0 Å². The molecule has 0 aliphatic carbocycles. The molecule has 0 saturated carbocycles. The van der Waals surface area contributed by atoms with Gasteiger partial charge in [0, 0.05) is 19.3 Å². The smallest absolute Gasteiger partial charge is 0.306 e. The average Bonchev–Trinajstić information content (AvgIpc) is 3.06. The summed E-state index contributed by atoms with van der Waals surface area (Å²) in [5.74, 6) is -1.79. The van der Waals surface area contributed by atoms with Gasteiger partial charge in [-0.1, -0.05) is 115 Å². The summed E-state index contributed by atoms with van der Waals surface area (Å²) in [5.41, 5.74) is 0. The molecule has 0 radical (unpaired) electrons. The lowest BCUT2D eigenvalue weighted by Crippen LogP contribution is -2.55. The van der Waals surface area contributed by atoms with Gasteiger partial charge >= 0.3 is 11.9 Å². The largest absolute Gasteiger partial charge is 0.544 e.